The molecule has 0 aromatic heterocycles. The highest BCUT2D eigenvalue weighted by Crippen LogP contribution is 2.40. The molecule has 2 saturated heterocycles. The third-order valence-electron chi connectivity index (χ3n) is 6.69. The van der Waals surface area contributed by atoms with Gasteiger partial charge in [-0.25, -0.2) is 0 Å². The highest BCUT2D eigenvalue weighted by molar-refractivity contribution is 6.46. The highest BCUT2D eigenvalue weighted by atomic mass is 16.5. The molecule has 1 amide bonds. The minimum absolute atomic E-state index is 0.106. The van der Waals surface area contributed by atoms with Crippen molar-refractivity contribution in [3.63, 3.8) is 0 Å². The number of nitrogens with zero attached hydrogens (tertiary/aromatic N) is 1. The van der Waals surface area contributed by atoms with Crippen LogP contribution >= 0.6 is 0 Å². The summed E-state index contributed by atoms with van der Waals surface area (Å²) in [5, 5.41) is 11.4. The molecule has 186 valence electrons. The zero-order valence-corrected chi connectivity index (χ0v) is 21.0. The Kier molecular flexibility index (Phi) is 7.60. The first-order valence-corrected chi connectivity index (χ1v) is 12.5. The molecule has 0 spiro atoms. The number of Topliss-reactive ketones (excluding diaryl/α,β-unsaturated/α-hetero) is 1. The Labute approximate surface area is 207 Å². The Morgan fingerprint density at radius 3 is 2.51 bits per heavy atom. The van der Waals surface area contributed by atoms with Crippen LogP contribution in [0.15, 0.2) is 48.0 Å². The van der Waals surface area contributed by atoms with Gasteiger partial charge in [-0.1, -0.05) is 45.0 Å². The Morgan fingerprint density at radius 2 is 1.91 bits per heavy atom. The molecule has 0 aliphatic carbocycles. The highest BCUT2D eigenvalue weighted by Gasteiger charge is 2.47. The summed E-state index contributed by atoms with van der Waals surface area (Å²) >= 11 is 0. The molecule has 2 unspecified atom stereocenters. The molecule has 2 fully saturated rings. The lowest BCUT2D eigenvalue weighted by Crippen LogP contribution is -2.36. The van der Waals surface area contributed by atoms with Crippen molar-refractivity contribution in [1.82, 2.24) is 4.90 Å². The van der Waals surface area contributed by atoms with Gasteiger partial charge in [0.25, 0.3) is 11.7 Å². The minimum Gasteiger partial charge on any atom is -0.507 e. The van der Waals surface area contributed by atoms with Crippen molar-refractivity contribution in [2.75, 3.05) is 19.8 Å². The number of aliphatic hydroxyl groups excluding tert-OH is 1. The van der Waals surface area contributed by atoms with E-state index in [1.54, 1.807) is 23.1 Å². The summed E-state index contributed by atoms with van der Waals surface area (Å²) < 4.78 is 11.6. The maximum Gasteiger partial charge on any atom is 0.295 e. The Hall–Kier alpha value is -3.12. The Balaban J connectivity index is 1.75. The fraction of sp³-hybridized carbons (Fsp3) is 0.448. The summed E-state index contributed by atoms with van der Waals surface area (Å²) in [4.78, 5) is 28.0. The van der Waals surface area contributed by atoms with E-state index < -0.39 is 17.7 Å². The number of carbonyl (C=O) groups is 2. The largest absolute Gasteiger partial charge is 0.507 e. The molecule has 0 bridgehead atoms. The normalized spacial score (nSPS) is 21.8. The first-order valence-electron chi connectivity index (χ1n) is 12.5. The van der Waals surface area contributed by atoms with Gasteiger partial charge in [-0.2, -0.15) is 0 Å². The average Bonchev–Trinajstić information content (AvgIpc) is 3.45. The molecular weight excluding hydrogens is 442 g/mol. The van der Waals surface area contributed by atoms with Crippen LogP contribution in [0.1, 0.15) is 61.9 Å². The van der Waals surface area contributed by atoms with E-state index in [1.165, 1.54) is 0 Å². The number of aliphatic hydroxyl groups is 1. The van der Waals surface area contributed by atoms with Crippen LogP contribution in [0.4, 0.5) is 0 Å². The number of benzene rings is 2. The molecule has 2 aliphatic rings. The lowest BCUT2D eigenvalue weighted by molar-refractivity contribution is -0.140. The number of rotatable bonds is 8. The summed E-state index contributed by atoms with van der Waals surface area (Å²) in [6.07, 6.45) is 2.57. The van der Waals surface area contributed by atoms with E-state index in [-0.39, 0.29) is 17.4 Å². The number of hydrogen-bond donors (Lipinski definition) is 1. The van der Waals surface area contributed by atoms with Gasteiger partial charge < -0.3 is 19.5 Å². The van der Waals surface area contributed by atoms with Gasteiger partial charge in [0.2, 0.25) is 0 Å². The topological polar surface area (TPSA) is 76.1 Å². The molecule has 6 heteroatoms. The number of carbonyl (C=O) groups excluding carboxylic acids is 2. The van der Waals surface area contributed by atoms with Gasteiger partial charge in [-0.3, -0.25) is 9.59 Å². The predicted molar refractivity (Wildman–Crippen MR) is 135 cm³/mol. The van der Waals surface area contributed by atoms with Crippen LogP contribution in [-0.4, -0.2) is 47.6 Å². The summed E-state index contributed by atoms with van der Waals surface area (Å²) in [6.45, 7) is 9.72. The molecule has 4 rings (SSSR count). The zero-order chi connectivity index (χ0) is 25.1. The standard InChI is InChI=1S/C29H35NO5/c1-5-20-8-10-21(11-9-20)26-25(28(32)29(33)30(26)16-23-7-6-14-34-23)27(31)22-12-13-24(19(4)15-22)35-17-18(2)3/h8-13,15,18,23,26,31H,5-7,14,16-17H2,1-4H3/b27-25-. The van der Waals surface area contributed by atoms with Crippen molar-refractivity contribution in [3.05, 3.63) is 70.3 Å². The molecule has 2 heterocycles. The molecule has 2 aromatic carbocycles. The summed E-state index contributed by atoms with van der Waals surface area (Å²) in [5.41, 5.74) is 3.43. The van der Waals surface area contributed by atoms with Crippen LogP contribution in [0.2, 0.25) is 0 Å². The van der Waals surface area contributed by atoms with Crippen LogP contribution in [0.25, 0.3) is 5.76 Å². The summed E-state index contributed by atoms with van der Waals surface area (Å²) in [6, 6.07) is 12.6. The van der Waals surface area contributed by atoms with Crippen LogP contribution in [0.3, 0.4) is 0 Å². The van der Waals surface area contributed by atoms with E-state index in [0.29, 0.717) is 31.2 Å². The van der Waals surface area contributed by atoms with E-state index in [4.69, 9.17) is 9.47 Å². The fourth-order valence-corrected chi connectivity index (χ4v) is 4.73. The maximum atomic E-state index is 13.3. The summed E-state index contributed by atoms with van der Waals surface area (Å²) in [5.74, 6) is -0.299. The smallest absolute Gasteiger partial charge is 0.295 e. The van der Waals surface area contributed by atoms with Crippen LogP contribution in [-0.2, 0) is 20.7 Å². The lowest BCUT2D eigenvalue weighted by Gasteiger charge is -2.27. The molecule has 0 saturated carbocycles. The van der Waals surface area contributed by atoms with Crippen LogP contribution < -0.4 is 4.74 Å². The first-order chi connectivity index (χ1) is 16.8. The SMILES string of the molecule is CCc1ccc(C2/C(=C(/O)c3ccc(OCC(C)C)c(C)c3)C(=O)C(=O)N2CC2CCCO2)cc1. The molecular formula is C29H35NO5. The quantitative estimate of drug-likeness (QED) is 0.322. The fourth-order valence-electron chi connectivity index (χ4n) is 4.73. The van der Waals surface area contributed by atoms with Gasteiger partial charge in [0, 0.05) is 18.7 Å². The molecule has 2 aliphatic heterocycles. The number of likely N-dealkylation sites (tertiary alicyclic amines) is 1. The van der Waals surface area contributed by atoms with Gasteiger partial charge in [-0.05, 0) is 67.0 Å². The van der Waals surface area contributed by atoms with Gasteiger partial charge in [0.05, 0.1) is 24.3 Å². The number of aryl methyl sites for hydroxylation is 2. The number of amides is 1. The predicted octanol–water partition coefficient (Wildman–Crippen LogP) is 5.19. The van der Waals surface area contributed by atoms with Crippen molar-refractivity contribution in [3.8, 4) is 5.75 Å². The molecule has 2 aromatic rings. The first kappa shape index (κ1) is 25.0. The third kappa shape index (κ3) is 5.27. The van der Waals surface area contributed by atoms with E-state index in [1.807, 2.05) is 31.2 Å². The van der Waals surface area contributed by atoms with Crippen molar-refractivity contribution in [2.24, 2.45) is 5.92 Å². The second-order valence-corrected chi connectivity index (χ2v) is 9.87. The number of ether oxygens (including phenoxy) is 2. The van der Waals surface area contributed by atoms with Gasteiger partial charge in [0.15, 0.2) is 0 Å². The minimum atomic E-state index is -0.665. The van der Waals surface area contributed by atoms with Gasteiger partial charge in [-0.15, -0.1) is 0 Å². The number of ketones is 1. The van der Waals surface area contributed by atoms with E-state index in [0.717, 1.165) is 41.7 Å². The third-order valence-corrected chi connectivity index (χ3v) is 6.69. The van der Waals surface area contributed by atoms with Crippen molar-refractivity contribution in [2.45, 2.75) is 59.1 Å². The van der Waals surface area contributed by atoms with Crippen LogP contribution in [0.5, 0.6) is 5.75 Å². The second kappa shape index (κ2) is 10.6. The van der Waals surface area contributed by atoms with Gasteiger partial charge in [0.1, 0.15) is 11.5 Å². The van der Waals surface area contributed by atoms with Crippen molar-refractivity contribution < 1.29 is 24.2 Å². The lowest BCUT2D eigenvalue weighted by atomic mass is 9.94. The van der Waals surface area contributed by atoms with Crippen molar-refractivity contribution in [1.29, 1.82) is 0 Å². The maximum absolute atomic E-state index is 13.3. The van der Waals surface area contributed by atoms with E-state index in [9.17, 15) is 14.7 Å². The Morgan fingerprint density at radius 1 is 1.17 bits per heavy atom. The molecule has 2 atom stereocenters. The molecule has 0 radical (unpaired) electrons. The molecule has 1 N–H and O–H groups in total. The zero-order valence-electron chi connectivity index (χ0n) is 21.0. The second-order valence-electron chi connectivity index (χ2n) is 9.87. The van der Waals surface area contributed by atoms with Crippen LogP contribution in [0, 0.1) is 12.8 Å². The van der Waals surface area contributed by atoms with Crippen molar-refractivity contribution >= 4 is 17.4 Å². The number of hydrogen-bond acceptors (Lipinski definition) is 5. The van der Waals surface area contributed by atoms with E-state index in [2.05, 4.69) is 20.8 Å². The Bertz CT molecular complexity index is 1110. The summed E-state index contributed by atoms with van der Waals surface area (Å²) in [7, 11) is 0. The monoisotopic (exact) mass is 477 g/mol. The average molecular weight is 478 g/mol. The molecule has 6 nitrogen and oxygen atoms in total. The van der Waals surface area contributed by atoms with E-state index >= 15 is 0 Å². The molecule has 35 heavy (non-hydrogen) atoms. The van der Waals surface area contributed by atoms with Gasteiger partial charge >= 0.3 is 0 Å².